The van der Waals surface area contributed by atoms with Crippen molar-refractivity contribution >= 4 is 59.3 Å². The molecule has 1 aliphatic carbocycles. The van der Waals surface area contributed by atoms with Crippen LogP contribution in [0.15, 0.2) is 12.7 Å². The van der Waals surface area contributed by atoms with E-state index in [0.29, 0.717) is 17.0 Å². The summed E-state index contributed by atoms with van der Waals surface area (Å²) in [6.45, 7) is 11.4. The highest BCUT2D eigenvalue weighted by molar-refractivity contribution is 14.1. The summed E-state index contributed by atoms with van der Waals surface area (Å²) in [4.78, 5) is 13.7. The largest absolute Gasteiger partial charge is 0.412 e. The number of ether oxygens (including phenoxy) is 1. The number of anilines is 1. The molecule has 2 saturated heterocycles. The fourth-order valence-electron chi connectivity index (χ4n) is 4.80. The maximum atomic E-state index is 12.0. The summed E-state index contributed by atoms with van der Waals surface area (Å²) in [5.41, 5.74) is 1.31. The van der Waals surface area contributed by atoms with E-state index >= 15 is 0 Å². The van der Waals surface area contributed by atoms with Crippen LogP contribution in [0.3, 0.4) is 0 Å². The third kappa shape index (κ3) is 4.93. The molecule has 13 heteroatoms. The molecule has 5 rings (SSSR count). The van der Waals surface area contributed by atoms with Crippen LogP contribution in [0.25, 0.3) is 11.2 Å². The molecule has 3 aliphatic rings. The molecule has 3 fully saturated rings. The van der Waals surface area contributed by atoms with Gasteiger partial charge in [0.05, 0.1) is 24.6 Å². The van der Waals surface area contributed by atoms with Gasteiger partial charge in [-0.3, -0.25) is 12.9 Å². The zero-order valence-corrected chi connectivity index (χ0v) is 24.7. The quantitative estimate of drug-likeness (QED) is 0.271. The van der Waals surface area contributed by atoms with Gasteiger partial charge >= 0.3 is 11.4 Å². The van der Waals surface area contributed by atoms with Crippen LogP contribution in [0.1, 0.15) is 52.7 Å². The third-order valence-electron chi connectivity index (χ3n) is 7.72. The predicted molar refractivity (Wildman–Crippen MR) is 144 cm³/mol. The summed E-state index contributed by atoms with van der Waals surface area (Å²) in [5, 5.41) is 3.78. The van der Waals surface area contributed by atoms with Gasteiger partial charge in [-0.2, -0.15) is 4.21 Å². The van der Waals surface area contributed by atoms with Crippen LogP contribution in [-0.2, 0) is 28.9 Å². The molecular formula is C22H34IN5O5SSi. The van der Waals surface area contributed by atoms with Crippen molar-refractivity contribution in [3.8, 4) is 0 Å². The second-order valence-electron chi connectivity index (χ2n) is 11.0. The van der Waals surface area contributed by atoms with Gasteiger partial charge in [-0.25, -0.2) is 15.0 Å². The number of nitrogens with one attached hydrogen (secondary N) is 1. The topological polar surface area (TPSA) is 110 Å². The van der Waals surface area contributed by atoms with E-state index in [9.17, 15) is 4.21 Å². The van der Waals surface area contributed by atoms with Gasteiger partial charge < -0.3 is 14.5 Å². The van der Waals surface area contributed by atoms with E-state index in [4.69, 9.17) is 17.5 Å². The highest BCUT2D eigenvalue weighted by Gasteiger charge is 2.53. The summed E-state index contributed by atoms with van der Waals surface area (Å²) in [6.07, 6.45) is 5.77. The Bertz CT molecular complexity index is 1100. The minimum Gasteiger partial charge on any atom is -0.412 e. The summed E-state index contributed by atoms with van der Waals surface area (Å²) in [7, 11) is -1.89. The number of aromatic nitrogens is 4. The van der Waals surface area contributed by atoms with Crippen molar-refractivity contribution in [2.24, 2.45) is 0 Å². The fraction of sp³-hybridized carbons (Fsp3) is 0.773. The Hall–Kier alpha value is -0.713. The number of rotatable bonds is 7. The summed E-state index contributed by atoms with van der Waals surface area (Å²) < 4.78 is 38.8. The molecule has 0 bridgehead atoms. The van der Waals surface area contributed by atoms with E-state index in [-0.39, 0.29) is 29.4 Å². The van der Waals surface area contributed by atoms with Crippen molar-refractivity contribution in [2.75, 3.05) is 9.74 Å². The van der Waals surface area contributed by atoms with Crippen LogP contribution in [0.5, 0.6) is 0 Å². The number of alkyl halides is 1. The normalized spacial score (nSPS) is 33.5. The smallest absolute Gasteiger partial charge is 0.305 e. The standard InChI is InChI=1S/C22H34IN5O5SSi/c1-22(2,3)35(4,5)33-14-8-6-7-13(14)27-19-16-20(25-11-24-19)28(12-26-16)21-18-17(31-34(29)32-18)15(30-21)9-10-23/h11-15,17-18,21H,6-10H2,1-5H3,(H,24,25,27)/t13?,14?,15-,17-,18-,21-,34?/m1/s1. The number of halogens is 1. The molecule has 3 unspecified atom stereocenters. The van der Waals surface area contributed by atoms with Crippen LogP contribution < -0.4 is 5.32 Å². The van der Waals surface area contributed by atoms with Gasteiger partial charge in [-0.1, -0.05) is 43.4 Å². The molecule has 0 spiro atoms. The van der Waals surface area contributed by atoms with Crippen LogP contribution in [0, 0.1) is 0 Å². The molecule has 4 heterocycles. The maximum Gasteiger partial charge on any atom is 0.305 e. The van der Waals surface area contributed by atoms with Crippen LogP contribution in [0.2, 0.25) is 18.1 Å². The van der Waals surface area contributed by atoms with Crippen molar-refractivity contribution in [1.29, 1.82) is 0 Å². The minimum atomic E-state index is -1.89. The van der Waals surface area contributed by atoms with Crippen LogP contribution in [-0.4, -0.2) is 66.9 Å². The molecule has 2 aromatic rings. The lowest BCUT2D eigenvalue weighted by Crippen LogP contribution is -2.47. The summed E-state index contributed by atoms with van der Waals surface area (Å²) >= 11 is 0.533. The first-order chi connectivity index (χ1) is 16.6. The third-order valence-corrected chi connectivity index (χ3v) is 13.6. The van der Waals surface area contributed by atoms with E-state index in [1.54, 1.807) is 12.7 Å². The molecule has 2 aromatic heterocycles. The Balaban J connectivity index is 1.38. The lowest BCUT2D eigenvalue weighted by molar-refractivity contribution is -0.0336. The van der Waals surface area contributed by atoms with Gasteiger partial charge in [0.2, 0.25) is 0 Å². The highest BCUT2D eigenvalue weighted by atomic mass is 127. The van der Waals surface area contributed by atoms with Crippen molar-refractivity contribution < 1.29 is 21.7 Å². The second kappa shape index (κ2) is 9.87. The van der Waals surface area contributed by atoms with Crippen molar-refractivity contribution in [2.45, 2.75) is 101 Å². The molecule has 194 valence electrons. The average molecular weight is 636 g/mol. The van der Waals surface area contributed by atoms with Gasteiger partial charge in [0.25, 0.3) is 0 Å². The Morgan fingerprint density at radius 3 is 2.74 bits per heavy atom. The molecule has 0 aromatic carbocycles. The number of hydrogen-bond donors (Lipinski definition) is 1. The number of hydrogen-bond acceptors (Lipinski definition) is 9. The van der Waals surface area contributed by atoms with Gasteiger partial charge in [0.1, 0.15) is 12.4 Å². The predicted octanol–water partition coefficient (Wildman–Crippen LogP) is 4.27. The Kier molecular flexibility index (Phi) is 7.31. The van der Waals surface area contributed by atoms with Gasteiger partial charge in [0.15, 0.2) is 37.6 Å². The summed E-state index contributed by atoms with van der Waals surface area (Å²) in [5.74, 6) is 0.690. The number of imidazole rings is 1. The Morgan fingerprint density at radius 2 is 2.00 bits per heavy atom. The monoisotopic (exact) mass is 635 g/mol. The lowest BCUT2D eigenvalue weighted by Gasteiger charge is -2.40. The molecule has 7 atom stereocenters. The van der Waals surface area contributed by atoms with Crippen LogP contribution in [0.4, 0.5) is 5.82 Å². The maximum absolute atomic E-state index is 12.0. The molecule has 1 saturated carbocycles. The average Bonchev–Trinajstić information content (AvgIpc) is 3.54. The van der Waals surface area contributed by atoms with Gasteiger partial charge in [0, 0.05) is 4.43 Å². The second-order valence-corrected chi connectivity index (χ2v) is 17.6. The molecule has 0 amide bonds. The van der Waals surface area contributed by atoms with Crippen molar-refractivity contribution in [1.82, 2.24) is 19.5 Å². The molecule has 1 N–H and O–H groups in total. The first kappa shape index (κ1) is 25.9. The lowest BCUT2D eigenvalue weighted by atomic mass is 10.1. The zero-order valence-electron chi connectivity index (χ0n) is 20.8. The first-order valence-electron chi connectivity index (χ1n) is 12.2. The number of nitrogens with zero attached hydrogens (tertiary/aromatic N) is 4. The van der Waals surface area contributed by atoms with Gasteiger partial charge in [-0.05, 0) is 43.8 Å². The van der Waals surface area contributed by atoms with E-state index in [0.717, 1.165) is 30.1 Å². The molecule has 2 aliphatic heterocycles. The van der Waals surface area contributed by atoms with Crippen LogP contribution >= 0.6 is 22.6 Å². The molecule has 35 heavy (non-hydrogen) atoms. The first-order valence-corrected chi connectivity index (χ1v) is 17.6. The SMILES string of the molecule is CC(C)(C)[Si](C)(C)OC1CCCC1Nc1ncnc2c1ncn2[C@@H]1O[C@H](CCI)[C@H]2OS(=O)O[C@H]21. The Labute approximate surface area is 223 Å². The van der Waals surface area contributed by atoms with E-state index in [1.807, 2.05) is 4.57 Å². The van der Waals surface area contributed by atoms with Gasteiger partial charge in [-0.15, -0.1) is 0 Å². The molecular weight excluding hydrogens is 601 g/mol. The van der Waals surface area contributed by atoms with Crippen molar-refractivity contribution in [3.05, 3.63) is 12.7 Å². The number of fused-ring (bicyclic) bond motifs is 2. The van der Waals surface area contributed by atoms with E-state index < -0.39 is 32.0 Å². The summed E-state index contributed by atoms with van der Waals surface area (Å²) in [6, 6.07) is 0.168. The molecule has 0 radical (unpaired) electrons. The fourth-order valence-corrected chi connectivity index (χ4v) is 7.65. The Morgan fingerprint density at radius 1 is 1.23 bits per heavy atom. The van der Waals surface area contributed by atoms with E-state index in [1.165, 1.54) is 0 Å². The molecule has 10 nitrogen and oxygen atoms in total. The minimum absolute atomic E-state index is 0.148. The van der Waals surface area contributed by atoms with Crippen molar-refractivity contribution in [3.63, 3.8) is 0 Å². The van der Waals surface area contributed by atoms with E-state index in [2.05, 4.69) is 76.7 Å². The highest BCUT2D eigenvalue weighted by Crippen LogP contribution is 2.42. The zero-order chi connectivity index (χ0) is 25.0.